The third-order valence-corrected chi connectivity index (χ3v) is 7.08. The Hall–Kier alpha value is -3.19. The maximum absolute atomic E-state index is 13.0. The number of thioether (sulfide) groups is 1. The molecule has 1 heterocycles. The van der Waals surface area contributed by atoms with E-state index in [0.717, 1.165) is 30.0 Å². The van der Waals surface area contributed by atoms with Gasteiger partial charge in [-0.2, -0.15) is 5.26 Å². The van der Waals surface area contributed by atoms with Crippen molar-refractivity contribution >= 4 is 58.4 Å². The van der Waals surface area contributed by atoms with Gasteiger partial charge < -0.3 is 20.1 Å². The number of rotatable bonds is 8. The average molecular weight is 562 g/mol. The minimum absolute atomic E-state index is 0.0792. The number of anilines is 1. The van der Waals surface area contributed by atoms with Crippen LogP contribution in [0.5, 0.6) is 5.75 Å². The lowest BCUT2D eigenvalue weighted by molar-refractivity contribution is -0.150. The van der Waals surface area contributed by atoms with Crippen LogP contribution in [0.25, 0.3) is 0 Å². The number of amides is 2. The fraction of sp³-hybridized carbons (Fsp3) is 0.308. The Labute approximate surface area is 229 Å². The topological polar surface area (TPSA) is 118 Å². The summed E-state index contributed by atoms with van der Waals surface area (Å²) in [6.45, 7) is 5.95. The van der Waals surface area contributed by atoms with Gasteiger partial charge in [-0.05, 0) is 61.7 Å². The maximum Gasteiger partial charge on any atom is 0.319 e. The van der Waals surface area contributed by atoms with Gasteiger partial charge in [0, 0.05) is 11.6 Å². The number of allylic oxidation sites excluding steroid dienone is 1. The Balaban J connectivity index is 1.96. The van der Waals surface area contributed by atoms with E-state index in [-0.39, 0.29) is 38.1 Å². The van der Waals surface area contributed by atoms with Crippen molar-refractivity contribution in [3.63, 3.8) is 0 Å². The van der Waals surface area contributed by atoms with Crippen molar-refractivity contribution in [2.45, 2.75) is 26.7 Å². The first-order valence-corrected chi connectivity index (χ1v) is 13.0. The summed E-state index contributed by atoms with van der Waals surface area (Å²) in [6, 6.07) is 10.8. The van der Waals surface area contributed by atoms with Gasteiger partial charge >= 0.3 is 5.97 Å². The average Bonchev–Trinajstić information content (AvgIpc) is 2.83. The van der Waals surface area contributed by atoms with Crippen molar-refractivity contribution < 1.29 is 23.9 Å². The minimum atomic E-state index is -1.36. The maximum atomic E-state index is 13.0. The Bertz CT molecular complexity index is 1280. The summed E-state index contributed by atoms with van der Waals surface area (Å²) in [5.41, 5.74) is 3.09. The SMILES string of the molecule is CCOc1c(Cl)cc([C@@H]2C(C#N)=C(SCC(=O)Nc3cc(C)cc(C)c3)NC(=O)[C@H]2C(=O)OC)cc1Cl. The number of halogens is 2. The molecular formula is C26H25Cl2N3O5S. The summed E-state index contributed by atoms with van der Waals surface area (Å²) in [5.74, 6) is -4.06. The van der Waals surface area contributed by atoms with Crippen LogP contribution in [0, 0.1) is 31.1 Å². The molecule has 2 aromatic rings. The number of nitriles is 1. The van der Waals surface area contributed by atoms with Crippen LogP contribution in [0.2, 0.25) is 10.0 Å². The summed E-state index contributed by atoms with van der Waals surface area (Å²) in [7, 11) is 1.15. The number of methoxy groups -OCH3 is 1. The van der Waals surface area contributed by atoms with E-state index < -0.39 is 23.7 Å². The Morgan fingerprint density at radius 3 is 2.30 bits per heavy atom. The number of carbonyl (C=O) groups is 3. The van der Waals surface area contributed by atoms with Gasteiger partial charge in [0.15, 0.2) is 5.75 Å². The van der Waals surface area contributed by atoms with E-state index in [2.05, 4.69) is 16.7 Å². The molecule has 1 aliphatic heterocycles. The fourth-order valence-corrected chi connectivity index (χ4v) is 5.56. The molecule has 1 aliphatic rings. The van der Waals surface area contributed by atoms with Crippen LogP contribution in [0.4, 0.5) is 5.69 Å². The monoisotopic (exact) mass is 561 g/mol. The first-order chi connectivity index (χ1) is 17.6. The smallest absolute Gasteiger partial charge is 0.319 e. The predicted molar refractivity (Wildman–Crippen MR) is 144 cm³/mol. The molecule has 0 fully saturated rings. The zero-order valence-corrected chi connectivity index (χ0v) is 22.9. The summed E-state index contributed by atoms with van der Waals surface area (Å²) in [4.78, 5) is 38.3. The molecule has 0 aliphatic carbocycles. The summed E-state index contributed by atoms with van der Waals surface area (Å²) in [6.07, 6.45) is 0. The van der Waals surface area contributed by atoms with Crippen molar-refractivity contribution in [2.75, 3.05) is 24.8 Å². The van der Waals surface area contributed by atoms with E-state index in [4.69, 9.17) is 32.7 Å². The number of nitrogens with zero attached hydrogens (tertiary/aromatic N) is 1. The Morgan fingerprint density at radius 2 is 1.76 bits per heavy atom. The minimum Gasteiger partial charge on any atom is -0.491 e. The van der Waals surface area contributed by atoms with Crippen LogP contribution >= 0.6 is 35.0 Å². The number of benzene rings is 2. The first-order valence-electron chi connectivity index (χ1n) is 11.2. The Kier molecular flexibility index (Phi) is 9.49. The molecule has 8 nitrogen and oxygen atoms in total. The molecule has 0 aromatic heterocycles. The molecule has 0 unspecified atom stereocenters. The van der Waals surface area contributed by atoms with E-state index in [1.165, 1.54) is 12.1 Å². The van der Waals surface area contributed by atoms with Crippen LogP contribution in [-0.4, -0.2) is 37.3 Å². The normalized spacial score (nSPS) is 17.1. The number of ether oxygens (including phenoxy) is 2. The molecule has 2 N–H and O–H groups in total. The molecule has 0 radical (unpaired) electrons. The highest BCUT2D eigenvalue weighted by atomic mass is 35.5. The second-order valence-electron chi connectivity index (χ2n) is 8.28. The number of carbonyl (C=O) groups excluding carboxylic acids is 3. The summed E-state index contributed by atoms with van der Waals surface area (Å²) >= 11 is 13.7. The van der Waals surface area contributed by atoms with Gasteiger partial charge in [0.25, 0.3) is 0 Å². The van der Waals surface area contributed by atoms with Crippen LogP contribution in [0.15, 0.2) is 40.9 Å². The zero-order valence-electron chi connectivity index (χ0n) is 20.6. The lowest BCUT2D eigenvalue weighted by atomic mass is 9.78. The van der Waals surface area contributed by atoms with Crippen LogP contribution in [-0.2, 0) is 19.1 Å². The molecule has 11 heteroatoms. The fourth-order valence-electron chi connectivity index (χ4n) is 4.10. The first kappa shape index (κ1) is 28.4. The molecule has 2 atom stereocenters. The number of aryl methyl sites for hydroxylation is 2. The Morgan fingerprint density at radius 1 is 1.14 bits per heavy atom. The van der Waals surface area contributed by atoms with E-state index in [9.17, 15) is 19.6 Å². The van der Waals surface area contributed by atoms with Crippen molar-refractivity contribution in [1.82, 2.24) is 5.32 Å². The van der Waals surface area contributed by atoms with Crippen molar-refractivity contribution in [3.05, 3.63) is 67.7 Å². The van der Waals surface area contributed by atoms with Gasteiger partial charge in [0.2, 0.25) is 11.8 Å². The van der Waals surface area contributed by atoms with Gasteiger partial charge in [-0.15, -0.1) is 0 Å². The molecular weight excluding hydrogens is 537 g/mol. The molecule has 194 valence electrons. The predicted octanol–water partition coefficient (Wildman–Crippen LogP) is 5.12. The van der Waals surface area contributed by atoms with Gasteiger partial charge in [-0.3, -0.25) is 14.4 Å². The van der Waals surface area contributed by atoms with E-state index in [0.29, 0.717) is 17.9 Å². The second kappa shape index (κ2) is 12.4. The summed E-state index contributed by atoms with van der Waals surface area (Å²) in [5, 5.41) is 16.0. The largest absolute Gasteiger partial charge is 0.491 e. The number of hydrogen-bond acceptors (Lipinski definition) is 7. The highest BCUT2D eigenvalue weighted by Gasteiger charge is 2.44. The highest BCUT2D eigenvalue weighted by Crippen LogP contribution is 2.44. The quantitative estimate of drug-likeness (QED) is 0.339. The standard InChI is InChI=1S/C26H25Cl2N3O5S/c1-5-36-23-18(27)9-15(10-19(23)28)21-17(11-29)25(31-24(33)22(21)26(34)35-4)37-12-20(32)30-16-7-13(2)6-14(3)8-16/h6-10,21-22H,5,12H2,1-4H3,(H,30,32)(H,31,33)/t21-,22+/m1/s1. The third-order valence-electron chi connectivity index (χ3n) is 5.51. The van der Waals surface area contributed by atoms with Crippen molar-refractivity contribution in [2.24, 2.45) is 5.92 Å². The lowest BCUT2D eigenvalue weighted by Gasteiger charge is -2.31. The zero-order chi connectivity index (χ0) is 27.3. The molecule has 0 spiro atoms. The highest BCUT2D eigenvalue weighted by molar-refractivity contribution is 8.03. The van der Waals surface area contributed by atoms with Crippen molar-refractivity contribution in [3.8, 4) is 11.8 Å². The van der Waals surface area contributed by atoms with Crippen LogP contribution < -0.4 is 15.4 Å². The molecule has 0 saturated carbocycles. The van der Waals surface area contributed by atoms with Crippen LogP contribution in [0.3, 0.4) is 0 Å². The second-order valence-corrected chi connectivity index (χ2v) is 10.1. The molecule has 3 rings (SSSR count). The molecule has 0 saturated heterocycles. The van der Waals surface area contributed by atoms with E-state index in [1.54, 1.807) is 6.92 Å². The molecule has 0 bridgehead atoms. The van der Waals surface area contributed by atoms with Gasteiger partial charge in [-0.25, -0.2) is 0 Å². The van der Waals surface area contributed by atoms with Crippen molar-refractivity contribution in [1.29, 1.82) is 5.26 Å². The number of esters is 1. The third kappa shape index (κ3) is 6.58. The number of nitrogens with one attached hydrogen (secondary N) is 2. The van der Waals surface area contributed by atoms with Gasteiger partial charge in [0.05, 0.1) is 46.2 Å². The molecule has 2 amide bonds. The van der Waals surface area contributed by atoms with E-state index in [1.807, 2.05) is 32.0 Å². The van der Waals surface area contributed by atoms with Gasteiger partial charge in [0.1, 0.15) is 5.92 Å². The summed E-state index contributed by atoms with van der Waals surface area (Å²) < 4.78 is 10.3. The molecule has 37 heavy (non-hydrogen) atoms. The van der Waals surface area contributed by atoms with E-state index >= 15 is 0 Å². The number of hydrogen-bond donors (Lipinski definition) is 2. The lowest BCUT2D eigenvalue weighted by Crippen LogP contribution is -2.44. The van der Waals surface area contributed by atoms with Gasteiger partial charge in [-0.1, -0.05) is 41.0 Å². The van der Waals surface area contributed by atoms with Crippen LogP contribution in [0.1, 0.15) is 29.5 Å². The molecule has 2 aromatic carbocycles.